The van der Waals surface area contributed by atoms with Crippen LogP contribution in [0.5, 0.6) is 5.75 Å². The molecule has 0 spiro atoms. The fourth-order valence-electron chi connectivity index (χ4n) is 2.86. The van der Waals surface area contributed by atoms with Crippen LogP contribution in [0, 0.1) is 23.5 Å². The van der Waals surface area contributed by atoms with Crippen molar-refractivity contribution in [3.63, 3.8) is 0 Å². The standard InChI is InChI=1S/C16H18F2O4/c1-7(2)13-8(3)11(15(22-13)16(19)20)9-5-6-10(17)12(18)14(9)21-4/h5-8,13H,1-4H3,(H,19,20). The molecule has 2 atom stereocenters. The van der Waals surface area contributed by atoms with Crippen molar-refractivity contribution in [2.45, 2.75) is 26.9 Å². The summed E-state index contributed by atoms with van der Waals surface area (Å²) in [5.41, 5.74) is 0.524. The number of halogens is 2. The van der Waals surface area contributed by atoms with Crippen LogP contribution in [0.15, 0.2) is 17.9 Å². The zero-order chi connectivity index (χ0) is 16.6. The largest absolute Gasteiger partial charge is 0.493 e. The predicted octanol–water partition coefficient (Wildman–Crippen LogP) is 3.46. The van der Waals surface area contributed by atoms with E-state index < -0.39 is 17.6 Å². The quantitative estimate of drug-likeness (QED) is 0.925. The SMILES string of the molecule is COc1c(C2=C(C(=O)O)OC(C(C)C)C2C)ccc(F)c1F. The van der Waals surface area contributed by atoms with E-state index in [0.29, 0.717) is 5.57 Å². The summed E-state index contributed by atoms with van der Waals surface area (Å²) in [6, 6.07) is 2.27. The van der Waals surface area contributed by atoms with E-state index in [4.69, 9.17) is 9.47 Å². The molecular weight excluding hydrogens is 294 g/mol. The van der Waals surface area contributed by atoms with Gasteiger partial charge in [0.25, 0.3) is 0 Å². The van der Waals surface area contributed by atoms with Gasteiger partial charge in [0.15, 0.2) is 11.6 Å². The molecule has 0 aliphatic carbocycles. The van der Waals surface area contributed by atoms with Crippen LogP contribution >= 0.6 is 0 Å². The van der Waals surface area contributed by atoms with Crippen LogP contribution in [0.4, 0.5) is 8.78 Å². The van der Waals surface area contributed by atoms with Gasteiger partial charge in [0.1, 0.15) is 6.10 Å². The van der Waals surface area contributed by atoms with Gasteiger partial charge in [0, 0.05) is 17.1 Å². The minimum absolute atomic E-state index is 0.0677. The molecule has 0 aromatic heterocycles. The molecule has 2 unspecified atom stereocenters. The maximum atomic E-state index is 13.9. The highest BCUT2D eigenvalue weighted by Crippen LogP contribution is 2.44. The molecule has 1 heterocycles. The number of methoxy groups -OCH3 is 1. The van der Waals surface area contributed by atoms with Gasteiger partial charge in [0.2, 0.25) is 11.6 Å². The van der Waals surface area contributed by atoms with Crippen LogP contribution in [0.3, 0.4) is 0 Å². The second-order valence-electron chi connectivity index (χ2n) is 5.61. The number of hydrogen-bond donors (Lipinski definition) is 1. The summed E-state index contributed by atoms with van der Waals surface area (Å²) in [6.07, 6.45) is -0.348. The lowest BCUT2D eigenvalue weighted by molar-refractivity contribution is -0.137. The van der Waals surface area contributed by atoms with Gasteiger partial charge in [-0.2, -0.15) is 4.39 Å². The molecule has 1 N–H and O–H groups in total. The third-order valence-corrected chi connectivity index (χ3v) is 3.84. The van der Waals surface area contributed by atoms with Crippen molar-refractivity contribution in [2.24, 2.45) is 11.8 Å². The third kappa shape index (κ3) is 2.53. The normalized spacial score (nSPS) is 21.2. The molecule has 1 aliphatic rings. The molecule has 120 valence electrons. The summed E-state index contributed by atoms with van der Waals surface area (Å²) >= 11 is 0. The van der Waals surface area contributed by atoms with Crippen molar-refractivity contribution in [2.75, 3.05) is 7.11 Å². The van der Waals surface area contributed by atoms with Crippen LogP contribution in [0.2, 0.25) is 0 Å². The van der Waals surface area contributed by atoms with Crippen LogP contribution in [0.25, 0.3) is 5.57 Å². The summed E-state index contributed by atoms with van der Waals surface area (Å²) in [5, 5.41) is 9.36. The van der Waals surface area contributed by atoms with Crippen LogP contribution < -0.4 is 4.74 Å². The lowest BCUT2D eigenvalue weighted by atomic mass is 9.86. The Morgan fingerprint density at radius 1 is 1.36 bits per heavy atom. The summed E-state index contributed by atoms with van der Waals surface area (Å²) in [6.45, 7) is 5.62. The average Bonchev–Trinajstić information content (AvgIpc) is 2.79. The van der Waals surface area contributed by atoms with E-state index in [1.165, 1.54) is 13.2 Å². The molecule has 22 heavy (non-hydrogen) atoms. The lowest BCUT2D eigenvalue weighted by Crippen LogP contribution is -2.22. The molecule has 0 radical (unpaired) electrons. The first-order chi connectivity index (χ1) is 10.3. The van der Waals surface area contributed by atoms with Crippen molar-refractivity contribution in [3.8, 4) is 5.75 Å². The van der Waals surface area contributed by atoms with Gasteiger partial charge in [-0.3, -0.25) is 0 Å². The van der Waals surface area contributed by atoms with Gasteiger partial charge in [-0.05, 0) is 18.1 Å². The predicted molar refractivity (Wildman–Crippen MR) is 76.3 cm³/mol. The number of aliphatic carboxylic acids is 1. The Labute approximate surface area is 127 Å². The maximum absolute atomic E-state index is 13.9. The van der Waals surface area contributed by atoms with Crippen LogP contribution in [-0.2, 0) is 9.53 Å². The topological polar surface area (TPSA) is 55.8 Å². The highest BCUT2D eigenvalue weighted by atomic mass is 19.2. The van der Waals surface area contributed by atoms with E-state index in [9.17, 15) is 18.7 Å². The second kappa shape index (κ2) is 5.94. The van der Waals surface area contributed by atoms with E-state index in [1.807, 2.05) is 13.8 Å². The van der Waals surface area contributed by atoms with Gasteiger partial charge in [-0.1, -0.05) is 20.8 Å². The van der Waals surface area contributed by atoms with Gasteiger partial charge in [0.05, 0.1) is 7.11 Å². The van der Waals surface area contributed by atoms with Crippen LogP contribution in [-0.4, -0.2) is 24.3 Å². The number of carboxylic acid groups (broad SMARTS) is 1. The first-order valence-electron chi connectivity index (χ1n) is 6.96. The molecule has 1 aliphatic heterocycles. The van der Waals surface area contributed by atoms with Crippen molar-refractivity contribution in [1.82, 2.24) is 0 Å². The Hall–Kier alpha value is -2.11. The summed E-state index contributed by atoms with van der Waals surface area (Å²) in [4.78, 5) is 11.5. The Balaban J connectivity index is 2.65. The Bertz CT molecular complexity index is 637. The highest BCUT2D eigenvalue weighted by Gasteiger charge is 2.40. The molecule has 1 aromatic carbocycles. The maximum Gasteiger partial charge on any atom is 0.371 e. The molecule has 0 amide bonds. The molecular formula is C16H18F2O4. The molecule has 0 fully saturated rings. The molecule has 0 bridgehead atoms. The number of ether oxygens (including phenoxy) is 2. The van der Waals surface area contributed by atoms with Gasteiger partial charge < -0.3 is 14.6 Å². The molecule has 1 aromatic rings. The van der Waals surface area contributed by atoms with E-state index in [-0.39, 0.29) is 35.0 Å². The fraction of sp³-hybridized carbons (Fsp3) is 0.438. The minimum atomic E-state index is -1.24. The van der Waals surface area contributed by atoms with Gasteiger partial charge in [-0.15, -0.1) is 0 Å². The molecule has 0 saturated heterocycles. The van der Waals surface area contributed by atoms with Crippen LogP contribution in [0.1, 0.15) is 26.3 Å². The number of carbonyl (C=O) groups is 1. The van der Waals surface area contributed by atoms with Crippen molar-refractivity contribution in [1.29, 1.82) is 0 Å². The number of hydrogen-bond acceptors (Lipinski definition) is 3. The average molecular weight is 312 g/mol. The summed E-state index contributed by atoms with van der Waals surface area (Å²) in [5.74, 6) is -4.20. The Morgan fingerprint density at radius 3 is 2.50 bits per heavy atom. The zero-order valence-electron chi connectivity index (χ0n) is 12.8. The van der Waals surface area contributed by atoms with Crippen molar-refractivity contribution < 1.29 is 28.2 Å². The van der Waals surface area contributed by atoms with Crippen molar-refractivity contribution in [3.05, 3.63) is 35.1 Å². The van der Waals surface area contributed by atoms with E-state index >= 15 is 0 Å². The second-order valence-corrected chi connectivity index (χ2v) is 5.61. The van der Waals surface area contributed by atoms with Crippen molar-refractivity contribution >= 4 is 11.5 Å². The van der Waals surface area contributed by atoms with Gasteiger partial charge in [-0.25, -0.2) is 9.18 Å². The Kier molecular flexibility index (Phi) is 4.39. The summed E-state index contributed by atoms with van der Waals surface area (Å²) < 4.78 is 37.8. The van der Waals surface area contributed by atoms with E-state index in [2.05, 4.69) is 0 Å². The first kappa shape index (κ1) is 16.3. The number of benzene rings is 1. The number of rotatable bonds is 4. The first-order valence-corrected chi connectivity index (χ1v) is 6.96. The lowest BCUT2D eigenvalue weighted by Gasteiger charge is -2.21. The van der Waals surface area contributed by atoms with E-state index in [0.717, 1.165) is 6.07 Å². The smallest absolute Gasteiger partial charge is 0.371 e. The third-order valence-electron chi connectivity index (χ3n) is 3.84. The zero-order valence-corrected chi connectivity index (χ0v) is 12.8. The van der Waals surface area contributed by atoms with Gasteiger partial charge >= 0.3 is 5.97 Å². The molecule has 2 rings (SSSR count). The number of carboxylic acids is 1. The molecule has 0 saturated carbocycles. The fourth-order valence-corrected chi connectivity index (χ4v) is 2.86. The minimum Gasteiger partial charge on any atom is -0.493 e. The monoisotopic (exact) mass is 312 g/mol. The molecule has 4 nitrogen and oxygen atoms in total. The molecule has 6 heteroatoms. The summed E-state index contributed by atoms with van der Waals surface area (Å²) in [7, 11) is 1.21. The highest BCUT2D eigenvalue weighted by molar-refractivity contribution is 5.97. The van der Waals surface area contributed by atoms with E-state index in [1.54, 1.807) is 6.92 Å². The Morgan fingerprint density at radius 2 is 2.00 bits per heavy atom.